The van der Waals surface area contributed by atoms with Gasteiger partial charge in [0.15, 0.2) is 9.84 Å². The van der Waals surface area contributed by atoms with E-state index in [0.717, 1.165) is 29.9 Å². The summed E-state index contributed by atoms with van der Waals surface area (Å²) in [5.41, 5.74) is 5.71. The Kier molecular flexibility index (Phi) is 4.19. The van der Waals surface area contributed by atoms with Crippen LogP contribution in [0.4, 0.5) is 0 Å². The van der Waals surface area contributed by atoms with Crippen molar-refractivity contribution in [3.05, 3.63) is 65.5 Å². The fraction of sp³-hybridized carbons (Fsp3) is 0.286. The highest BCUT2D eigenvalue weighted by Gasteiger charge is 2.22. The van der Waals surface area contributed by atoms with Crippen molar-refractivity contribution in [1.29, 1.82) is 0 Å². The normalized spacial score (nSPS) is 14.2. The minimum Gasteiger partial charge on any atom is -0.296 e. The number of sulfone groups is 1. The van der Waals surface area contributed by atoms with Gasteiger partial charge in [-0.15, -0.1) is 0 Å². The topological polar surface area (TPSA) is 52.0 Å². The quantitative estimate of drug-likeness (QED) is 0.700. The smallest absolute Gasteiger partial charge is 0.175 e. The van der Waals surface area contributed by atoms with Crippen LogP contribution in [0.25, 0.3) is 17.1 Å². The third-order valence-corrected chi connectivity index (χ3v) is 6.09. The van der Waals surface area contributed by atoms with Crippen LogP contribution >= 0.6 is 0 Å². The van der Waals surface area contributed by atoms with Crippen LogP contribution in [-0.4, -0.2) is 24.2 Å². The van der Waals surface area contributed by atoms with Crippen LogP contribution in [0.1, 0.15) is 29.8 Å². The van der Waals surface area contributed by atoms with Gasteiger partial charge in [0.1, 0.15) is 5.82 Å². The van der Waals surface area contributed by atoms with E-state index in [0.29, 0.717) is 4.90 Å². The summed E-state index contributed by atoms with van der Waals surface area (Å²) in [6.07, 6.45) is 5.61. The molecule has 5 heteroatoms. The molecular weight excluding hydrogens is 344 g/mol. The van der Waals surface area contributed by atoms with Crippen LogP contribution in [0.15, 0.2) is 53.4 Å². The van der Waals surface area contributed by atoms with Crippen LogP contribution in [0.5, 0.6) is 0 Å². The number of fused-ring (bicyclic) bond motifs is 1. The molecule has 0 bridgehead atoms. The lowest BCUT2D eigenvalue weighted by atomic mass is 10.0. The summed E-state index contributed by atoms with van der Waals surface area (Å²) >= 11 is 0. The van der Waals surface area contributed by atoms with Gasteiger partial charge in [-0.2, -0.15) is 0 Å². The van der Waals surface area contributed by atoms with Gasteiger partial charge in [0.2, 0.25) is 0 Å². The number of hydrogen-bond acceptors (Lipinski definition) is 3. The number of hydrogen-bond donors (Lipinski definition) is 0. The Morgan fingerprint density at radius 3 is 2.23 bits per heavy atom. The van der Waals surface area contributed by atoms with Crippen molar-refractivity contribution in [3.63, 3.8) is 0 Å². The van der Waals surface area contributed by atoms with Crippen LogP contribution in [-0.2, 0) is 22.7 Å². The zero-order valence-electron chi connectivity index (χ0n) is 15.1. The van der Waals surface area contributed by atoms with E-state index < -0.39 is 9.84 Å². The number of aryl methyl sites for hydroxylation is 2. The fourth-order valence-electron chi connectivity index (χ4n) is 3.56. The lowest BCUT2D eigenvalue weighted by Crippen LogP contribution is -2.07. The molecule has 4 rings (SSSR count). The van der Waals surface area contributed by atoms with Crippen LogP contribution in [0.2, 0.25) is 0 Å². The van der Waals surface area contributed by atoms with Gasteiger partial charge in [0, 0.05) is 23.2 Å². The number of aromatic nitrogens is 2. The highest BCUT2D eigenvalue weighted by molar-refractivity contribution is 7.90. The zero-order chi connectivity index (χ0) is 18.3. The van der Waals surface area contributed by atoms with Crippen molar-refractivity contribution in [1.82, 2.24) is 9.55 Å². The summed E-state index contributed by atoms with van der Waals surface area (Å²) < 4.78 is 25.7. The van der Waals surface area contributed by atoms with Gasteiger partial charge in [-0.25, -0.2) is 13.4 Å². The number of benzene rings is 2. The summed E-state index contributed by atoms with van der Waals surface area (Å²) in [6.45, 7) is 2.08. The first-order valence-electron chi connectivity index (χ1n) is 8.91. The fourth-order valence-corrected chi connectivity index (χ4v) is 4.19. The molecule has 0 spiro atoms. The molecule has 0 amide bonds. The predicted octanol–water partition coefficient (Wildman–Crippen LogP) is 4.13. The van der Waals surface area contributed by atoms with E-state index in [2.05, 4.69) is 35.8 Å². The lowest BCUT2D eigenvalue weighted by Gasteiger charge is -2.16. The SMILES string of the molecule is Cc1ccc(-n2c(-c3ccc(S(C)(=O)=O)cc3)nc3c2CCCC3)cc1. The maximum Gasteiger partial charge on any atom is 0.175 e. The number of nitrogens with zero attached hydrogens (tertiary/aromatic N) is 2. The van der Waals surface area contributed by atoms with E-state index in [1.165, 1.54) is 36.0 Å². The molecule has 0 N–H and O–H groups in total. The second-order valence-electron chi connectivity index (χ2n) is 7.00. The van der Waals surface area contributed by atoms with Crippen molar-refractivity contribution < 1.29 is 8.42 Å². The van der Waals surface area contributed by atoms with E-state index in [9.17, 15) is 8.42 Å². The Labute approximate surface area is 154 Å². The van der Waals surface area contributed by atoms with Gasteiger partial charge >= 0.3 is 0 Å². The van der Waals surface area contributed by atoms with E-state index in [4.69, 9.17) is 4.98 Å². The first-order valence-corrected chi connectivity index (χ1v) is 10.8. The molecule has 1 aliphatic carbocycles. The van der Waals surface area contributed by atoms with E-state index >= 15 is 0 Å². The van der Waals surface area contributed by atoms with Crippen LogP contribution in [0.3, 0.4) is 0 Å². The Morgan fingerprint density at radius 1 is 0.923 bits per heavy atom. The summed E-state index contributed by atoms with van der Waals surface area (Å²) in [5.74, 6) is 0.890. The Hall–Kier alpha value is -2.40. The standard InChI is InChI=1S/C21H22N2O2S/c1-15-7-11-17(12-8-15)23-20-6-4-3-5-19(20)22-21(23)16-9-13-18(14-10-16)26(2,24)25/h7-14H,3-6H2,1-2H3. The Bertz CT molecular complexity index is 1050. The van der Waals surface area contributed by atoms with Crippen molar-refractivity contribution in [2.24, 2.45) is 0 Å². The average Bonchev–Trinajstić information content (AvgIpc) is 3.01. The van der Waals surface area contributed by atoms with Crippen LogP contribution in [0, 0.1) is 6.92 Å². The molecule has 0 aliphatic heterocycles. The highest BCUT2D eigenvalue weighted by atomic mass is 32.2. The summed E-state index contributed by atoms with van der Waals surface area (Å²) in [5, 5.41) is 0. The zero-order valence-corrected chi connectivity index (χ0v) is 15.9. The molecule has 0 radical (unpaired) electrons. The molecule has 1 aliphatic rings. The van der Waals surface area contributed by atoms with Crippen molar-refractivity contribution in [2.45, 2.75) is 37.5 Å². The van der Waals surface area contributed by atoms with E-state index in [-0.39, 0.29) is 0 Å². The van der Waals surface area contributed by atoms with Crippen molar-refractivity contribution in [3.8, 4) is 17.1 Å². The van der Waals surface area contributed by atoms with Crippen molar-refractivity contribution >= 4 is 9.84 Å². The third kappa shape index (κ3) is 3.07. The molecule has 0 saturated heterocycles. The number of imidazole rings is 1. The van der Waals surface area contributed by atoms with E-state index in [1.54, 1.807) is 12.1 Å². The monoisotopic (exact) mass is 366 g/mol. The van der Waals surface area contributed by atoms with Gasteiger partial charge in [0.05, 0.1) is 10.6 Å². The summed E-state index contributed by atoms with van der Waals surface area (Å²) in [6, 6.07) is 15.5. The van der Waals surface area contributed by atoms with Gasteiger partial charge in [-0.3, -0.25) is 4.57 Å². The maximum absolute atomic E-state index is 11.7. The maximum atomic E-state index is 11.7. The summed E-state index contributed by atoms with van der Waals surface area (Å²) in [4.78, 5) is 5.26. The predicted molar refractivity (Wildman–Crippen MR) is 103 cm³/mol. The van der Waals surface area contributed by atoms with E-state index in [1.807, 2.05) is 12.1 Å². The molecule has 4 nitrogen and oxygen atoms in total. The molecule has 2 aromatic carbocycles. The van der Waals surface area contributed by atoms with Gasteiger partial charge in [-0.1, -0.05) is 17.7 Å². The lowest BCUT2D eigenvalue weighted by molar-refractivity contribution is 0.602. The third-order valence-electron chi connectivity index (χ3n) is 4.97. The molecule has 134 valence electrons. The Morgan fingerprint density at radius 2 is 1.58 bits per heavy atom. The van der Waals surface area contributed by atoms with Crippen LogP contribution < -0.4 is 0 Å². The molecule has 0 atom stereocenters. The summed E-state index contributed by atoms with van der Waals surface area (Å²) in [7, 11) is -3.20. The highest BCUT2D eigenvalue weighted by Crippen LogP contribution is 2.31. The molecule has 3 aromatic rings. The van der Waals surface area contributed by atoms with Gasteiger partial charge < -0.3 is 0 Å². The largest absolute Gasteiger partial charge is 0.296 e. The molecule has 0 fully saturated rings. The molecule has 26 heavy (non-hydrogen) atoms. The van der Waals surface area contributed by atoms with Gasteiger partial charge in [0.25, 0.3) is 0 Å². The molecule has 1 aromatic heterocycles. The molecule has 1 heterocycles. The Balaban J connectivity index is 1.88. The number of rotatable bonds is 3. The molecule has 0 unspecified atom stereocenters. The second kappa shape index (κ2) is 6.40. The van der Waals surface area contributed by atoms with Crippen molar-refractivity contribution in [2.75, 3.05) is 6.26 Å². The first-order chi connectivity index (χ1) is 12.4. The molecule has 0 saturated carbocycles. The minimum atomic E-state index is -3.20. The van der Waals surface area contributed by atoms with Gasteiger partial charge in [-0.05, 0) is 69.0 Å². The minimum absolute atomic E-state index is 0.333. The second-order valence-corrected chi connectivity index (χ2v) is 9.02. The average molecular weight is 366 g/mol. The first kappa shape index (κ1) is 17.0. The molecular formula is C21H22N2O2S.